The Bertz CT molecular complexity index is 626. The third-order valence-corrected chi connectivity index (χ3v) is 5.28. The molecule has 2 aromatic rings. The summed E-state index contributed by atoms with van der Waals surface area (Å²) in [5.74, 6) is 3.20. The molecule has 0 spiro atoms. The van der Waals surface area contributed by atoms with E-state index in [0.29, 0.717) is 5.25 Å². The third kappa shape index (κ3) is 3.65. The molecule has 0 saturated carbocycles. The van der Waals surface area contributed by atoms with Crippen LogP contribution in [0.3, 0.4) is 0 Å². The van der Waals surface area contributed by atoms with E-state index in [1.54, 1.807) is 0 Å². The predicted molar refractivity (Wildman–Crippen MR) is 95.0 cm³/mol. The highest BCUT2D eigenvalue weighted by atomic mass is 32.2. The van der Waals surface area contributed by atoms with E-state index < -0.39 is 0 Å². The first kappa shape index (κ1) is 15.4. The molecule has 22 heavy (non-hydrogen) atoms. The Morgan fingerprint density at radius 2 is 1.77 bits per heavy atom. The van der Waals surface area contributed by atoms with E-state index >= 15 is 0 Å². The van der Waals surface area contributed by atoms with Gasteiger partial charge in [0.15, 0.2) is 0 Å². The Morgan fingerprint density at radius 1 is 1.05 bits per heavy atom. The summed E-state index contributed by atoms with van der Waals surface area (Å²) in [6, 6.07) is 16.9. The molecule has 1 heterocycles. The molecule has 2 nitrogen and oxygen atoms in total. The van der Waals surface area contributed by atoms with Crippen molar-refractivity contribution in [3.63, 3.8) is 0 Å². The average Bonchev–Trinajstić information content (AvgIpc) is 2.68. The lowest BCUT2D eigenvalue weighted by Gasteiger charge is -2.17. The molecular weight excluding hydrogens is 290 g/mol. The van der Waals surface area contributed by atoms with Gasteiger partial charge in [0.25, 0.3) is 0 Å². The number of ether oxygens (including phenoxy) is 1. The van der Waals surface area contributed by atoms with E-state index in [-0.39, 0.29) is 0 Å². The monoisotopic (exact) mass is 313 g/mol. The lowest BCUT2D eigenvalue weighted by molar-refractivity contribution is 0.410. The van der Waals surface area contributed by atoms with Gasteiger partial charge in [-0.05, 0) is 56.9 Å². The molecule has 0 aromatic heterocycles. The van der Waals surface area contributed by atoms with Crippen molar-refractivity contribution in [3.8, 4) is 11.5 Å². The van der Waals surface area contributed by atoms with Gasteiger partial charge in [0.1, 0.15) is 11.5 Å². The van der Waals surface area contributed by atoms with Crippen molar-refractivity contribution in [1.29, 1.82) is 0 Å². The van der Waals surface area contributed by atoms with Crippen LogP contribution in [-0.2, 0) is 6.42 Å². The number of para-hydroxylation sites is 2. The maximum absolute atomic E-state index is 6.16. The van der Waals surface area contributed by atoms with Crippen molar-refractivity contribution >= 4 is 11.8 Å². The molecular formula is C19H23NOS. The Morgan fingerprint density at radius 3 is 2.59 bits per heavy atom. The number of hydrogen-bond donors (Lipinski definition) is 0. The van der Waals surface area contributed by atoms with E-state index in [4.69, 9.17) is 4.74 Å². The molecule has 1 unspecified atom stereocenters. The Kier molecular flexibility index (Phi) is 5.06. The Labute approximate surface area is 137 Å². The number of thioether (sulfide) groups is 1. The zero-order valence-electron chi connectivity index (χ0n) is 13.3. The summed E-state index contributed by atoms with van der Waals surface area (Å²) < 4.78 is 6.16. The fourth-order valence-electron chi connectivity index (χ4n) is 2.79. The zero-order valence-corrected chi connectivity index (χ0v) is 14.1. The first-order chi connectivity index (χ1) is 10.7. The largest absolute Gasteiger partial charge is 0.457 e. The van der Waals surface area contributed by atoms with Crippen LogP contribution in [0.2, 0.25) is 0 Å². The Balaban J connectivity index is 1.79. The standard InChI is InChI=1S/C19H23NOS/c1-20(2)12-7-13-22-19-14-15-8-3-5-10-17(15)21-18-11-6-4-9-16(18)19/h3-6,8-11,19H,7,12-14H2,1-2H3. The van der Waals surface area contributed by atoms with Gasteiger partial charge in [-0.25, -0.2) is 0 Å². The zero-order chi connectivity index (χ0) is 15.4. The van der Waals surface area contributed by atoms with Crippen LogP contribution >= 0.6 is 11.8 Å². The molecule has 0 bridgehead atoms. The molecule has 0 aliphatic carbocycles. The van der Waals surface area contributed by atoms with Gasteiger partial charge in [-0.2, -0.15) is 11.8 Å². The van der Waals surface area contributed by atoms with E-state index in [1.807, 2.05) is 6.07 Å². The van der Waals surface area contributed by atoms with E-state index in [2.05, 4.69) is 73.2 Å². The first-order valence-corrected chi connectivity index (χ1v) is 8.90. The molecule has 116 valence electrons. The van der Waals surface area contributed by atoms with Crippen LogP contribution < -0.4 is 4.74 Å². The van der Waals surface area contributed by atoms with Crippen LogP contribution in [0.4, 0.5) is 0 Å². The number of rotatable bonds is 5. The van der Waals surface area contributed by atoms with E-state index in [1.165, 1.54) is 23.3 Å². The average molecular weight is 313 g/mol. The van der Waals surface area contributed by atoms with Crippen molar-refractivity contribution in [2.75, 3.05) is 26.4 Å². The first-order valence-electron chi connectivity index (χ1n) is 7.85. The molecule has 0 fully saturated rings. The number of fused-ring (bicyclic) bond motifs is 2. The van der Waals surface area contributed by atoms with Gasteiger partial charge < -0.3 is 9.64 Å². The molecule has 0 radical (unpaired) electrons. The minimum absolute atomic E-state index is 0.474. The van der Waals surface area contributed by atoms with Gasteiger partial charge in [0, 0.05) is 10.8 Å². The summed E-state index contributed by atoms with van der Waals surface area (Å²) in [5.41, 5.74) is 2.64. The molecule has 0 saturated heterocycles. The van der Waals surface area contributed by atoms with Crippen LogP contribution in [0.5, 0.6) is 11.5 Å². The maximum Gasteiger partial charge on any atom is 0.131 e. The summed E-state index contributed by atoms with van der Waals surface area (Å²) in [6.45, 7) is 1.15. The minimum atomic E-state index is 0.474. The lowest BCUT2D eigenvalue weighted by atomic mass is 10.0. The Hall–Kier alpha value is -1.45. The van der Waals surface area contributed by atoms with Crippen molar-refractivity contribution in [3.05, 3.63) is 59.7 Å². The normalized spacial score (nSPS) is 16.6. The van der Waals surface area contributed by atoms with Crippen molar-refractivity contribution in [2.45, 2.75) is 18.1 Å². The molecule has 0 amide bonds. The predicted octanol–water partition coefficient (Wildman–Crippen LogP) is 4.76. The second-order valence-corrected chi connectivity index (χ2v) is 7.28. The molecule has 1 atom stereocenters. The molecule has 2 aromatic carbocycles. The summed E-state index contributed by atoms with van der Waals surface area (Å²) in [7, 11) is 4.27. The van der Waals surface area contributed by atoms with Gasteiger partial charge in [0.2, 0.25) is 0 Å². The van der Waals surface area contributed by atoms with Gasteiger partial charge >= 0.3 is 0 Å². The van der Waals surface area contributed by atoms with Gasteiger partial charge in [-0.15, -0.1) is 0 Å². The van der Waals surface area contributed by atoms with Crippen LogP contribution in [0, 0.1) is 0 Å². The van der Waals surface area contributed by atoms with Gasteiger partial charge in [0.05, 0.1) is 0 Å². The number of hydrogen-bond acceptors (Lipinski definition) is 3. The topological polar surface area (TPSA) is 12.5 Å². The molecule has 0 N–H and O–H groups in total. The highest BCUT2D eigenvalue weighted by molar-refractivity contribution is 7.99. The van der Waals surface area contributed by atoms with Gasteiger partial charge in [-0.3, -0.25) is 0 Å². The second-order valence-electron chi connectivity index (χ2n) is 5.97. The quantitative estimate of drug-likeness (QED) is 0.738. The van der Waals surface area contributed by atoms with Crippen molar-refractivity contribution in [1.82, 2.24) is 4.90 Å². The second kappa shape index (κ2) is 7.21. The van der Waals surface area contributed by atoms with E-state index in [9.17, 15) is 0 Å². The van der Waals surface area contributed by atoms with Gasteiger partial charge in [-0.1, -0.05) is 36.4 Å². The summed E-state index contributed by atoms with van der Waals surface area (Å²) in [6.07, 6.45) is 2.26. The summed E-state index contributed by atoms with van der Waals surface area (Å²) in [5, 5.41) is 0.474. The van der Waals surface area contributed by atoms with Crippen LogP contribution in [0.1, 0.15) is 22.8 Å². The van der Waals surface area contributed by atoms with Crippen molar-refractivity contribution < 1.29 is 4.74 Å². The van der Waals surface area contributed by atoms with Crippen molar-refractivity contribution in [2.24, 2.45) is 0 Å². The SMILES string of the molecule is CN(C)CCCSC1Cc2ccccc2Oc2ccccc21. The van der Waals surface area contributed by atoms with E-state index in [0.717, 1.165) is 24.5 Å². The maximum atomic E-state index is 6.16. The number of nitrogens with zero attached hydrogens (tertiary/aromatic N) is 1. The minimum Gasteiger partial charge on any atom is -0.457 e. The molecule has 1 aliphatic heterocycles. The third-order valence-electron chi connectivity index (χ3n) is 3.93. The smallest absolute Gasteiger partial charge is 0.131 e. The summed E-state index contributed by atoms with van der Waals surface area (Å²) >= 11 is 2.05. The highest BCUT2D eigenvalue weighted by Gasteiger charge is 2.23. The fourth-order valence-corrected chi connectivity index (χ4v) is 4.05. The van der Waals surface area contributed by atoms with Crippen LogP contribution in [0.15, 0.2) is 48.5 Å². The molecule has 3 heteroatoms. The van der Waals surface area contributed by atoms with Crippen LogP contribution in [-0.4, -0.2) is 31.3 Å². The van der Waals surface area contributed by atoms with Crippen LogP contribution in [0.25, 0.3) is 0 Å². The fraction of sp³-hybridized carbons (Fsp3) is 0.368. The molecule has 3 rings (SSSR count). The lowest BCUT2D eigenvalue weighted by Crippen LogP contribution is -2.13. The number of benzene rings is 2. The molecule has 1 aliphatic rings. The summed E-state index contributed by atoms with van der Waals surface area (Å²) in [4.78, 5) is 2.25. The highest BCUT2D eigenvalue weighted by Crippen LogP contribution is 2.44.